The maximum absolute atomic E-state index is 8.12. The molecule has 0 N–H and O–H groups in total. The van der Waals surface area contributed by atoms with Crippen LogP contribution in [0.5, 0.6) is 0 Å². The van der Waals surface area contributed by atoms with Crippen LogP contribution in [0, 0.1) is 0 Å². The van der Waals surface area contributed by atoms with Gasteiger partial charge in [-0.15, -0.1) is 0 Å². The van der Waals surface area contributed by atoms with Gasteiger partial charge in [-0.1, -0.05) is 0 Å². The third-order valence-electron chi connectivity index (χ3n) is 0. The number of hydrogen-bond donors (Lipinski definition) is 0. The Balaban J connectivity index is 0. The molecule has 0 saturated carbocycles. The molecule has 0 aliphatic carbocycles. The summed E-state index contributed by atoms with van der Waals surface area (Å²) in [5.74, 6) is 0. The van der Waals surface area contributed by atoms with Crippen LogP contribution in [0.1, 0.15) is 0 Å². The van der Waals surface area contributed by atoms with E-state index >= 15 is 0 Å². The number of halogens is 2. The fraction of sp³-hybridized carbons (Fsp3) is 0. The molecule has 0 atom stereocenters. The van der Waals surface area contributed by atoms with E-state index < -0.39 is 0 Å². The molecule has 41 valence electrons. The molecule has 0 aromatic carbocycles. The maximum atomic E-state index is 8.12. The molecule has 2 nitrogen and oxygen atoms in total. The zero-order chi connectivity index (χ0) is 5.41. The molecule has 0 radical (unpaired) electrons. The normalized spacial score (nSPS) is 5.00. The third kappa shape index (κ3) is 236. The van der Waals surface area contributed by atoms with Gasteiger partial charge in [0.2, 0.25) is 0 Å². The molecule has 0 heterocycles. The Bertz CT molecular complexity index is 40.8. The Labute approximate surface area is 49.4 Å². The molecule has 0 aliphatic rings. The van der Waals surface area contributed by atoms with Crippen LogP contribution in [0.4, 0.5) is 0 Å². The van der Waals surface area contributed by atoms with Crippen molar-refractivity contribution in [1.29, 1.82) is 0 Å². The molecular formula is CCl2CuO2. The van der Waals surface area contributed by atoms with E-state index in [1.54, 1.807) is 0 Å². The topological polar surface area (TPSA) is 34.1 Å². The van der Waals surface area contributed by atoms with Crippen molar-refractivity contribution >= 4 is 26.3 Å². The van der Waals surface area contributed by atoms with E-state index in [2.05, 4.69) is 20.2 Å². The van der Waals surface area contributed by atoms with E-state index in [1.165, 1.54) is 0 Å². The molecule has 0 aromatic heterocycles. The van der Waals surface area contributed by atoms with Crippen molar-refractivity contribution < 1.29 is 22.7 Å². The van der Waals surface area contributed by atoms with Crippen molar-refractivity contribution in [2.75, 3.05) is 0 Å². The average Bonchev–Trinajstić information content (AvgIpc) is 1.39. The summed E-state index contributed by atoms with van der Waals surface area (Å²) in [6.07, 6.45) is 0.250. The molecule has 0 unspecified atom stereocenters. The van der Waals surface area contributed by atoms with Crippen LogP contribution in [0.15, 0.2) is 0 Å². The minimum atomic E-state index is 0.250. The first-order valence-electron chi connectivity index (χ1n) is 0.636. The Hall–Kier alpha value is 0.479. The van der Waals surface area contributed by atoms with Crippen LogP contribution in [-0.2, 0) is 22.7 Å². The molecule has 0 aromatic rings. The molecule has 0 aliphatic heterocycles. The van der Waals surface area contributed by atoms with Gasteiger partial charge < -0.3 is 0 Å². The van der Waals surface area contributed by atoms with Gasteiger partial charge >= 0.3 is 39.5 Å². The number of carbonyl (C=O) groups excluding carboxylic acids is 2. The first-order chi connectivity index (χ1) is 2.83. The van der Waals surface area contributed by atoms with E-state index in [0.29, 0.717) is 0 Å². The molecule has 0 spiro atoms. The minimum absolute atomic E-state index is 0.250. The van der Waals surface area contributed by atoms with E-state index in [1.807, 2.05) is 0 Å². The summed E-state index contributed by atoms with van der Waals surface area (Å²) in [5.41, 5.74) is 0. The molecule has 0 amide bonds. The van der Waals surface area contributed by atoms with Crippen molar-refractivity contribution in [3.05, 3.63) is 0 Å². The summed E-state index contributed by atoms with van der Waals surface area (Å²) in [7, 11) is 9.34. The monoisotopic (exact) mass is 177 g/mol. The molecule has 6 heavy (non-hydrogen) atoms. The molecule has 0 bridgehead atoms. The van der Waals surface area contributed by atoms with Gasteiger partial charge in [0.1, 0.15) is 0 Å². The third-order valence-corrected chi connectivity index (χ3v) is 0. The first-order valence-corrected chi connectivity index (χ1v) is 3.23. The standard InChI is InChI=1S/CO2.2ClH.Cu/c2-1-3;;;/h;2*1H;/q;;;+2/p-2. The van der Waals surface area contributed by atoms with Gasteiger partial charge in [0, 0.05) is 0 Å². The van der Waals surface area contributed by atoms with Crippen LogP contribution in [0.2, 0.25) is 0 Å². The van der Waals surface area contributed by atoms with Gasteiger partial charge in [0.05, 0.1) is 0 Å². The fourth-order valence-corrected chi connectivity index (χ4v) is 0. The summed E-state index contributed by atoms with van der Waals surface area (Å²) >= 11 is 0.757. The van der Waals surface area contributed by atoms with Crippen molar-refractivity contribution in [2.24, 2.45) is 0 Å². The quantitative estimate of drug-likeness (QED) is 0.514. The van der Waals surface area contributed by atoms with Gasteiger partial charge in [-0.3, -0.25) is 0 Å². The number of rotatable bonds is 0. The van der Waals surface area contributed by atoms with Crippen molar-refractivity contribution in [2.45, 2.75) is 0 Å². The first kappa shape index (κ1) is 9.70. The summed E-state index contributed by atoms with van der Waals surface area (Å²) in [6, 6.07) is 0. The Morgan fingerprint density at radius 1 is 1.33 bits per heavy atom. The van der Waals surface area contributed by atoms with Gasteiger partial charge in [-0.25, -0.2) is 0 Å². The Morgan fingerprint density at radius 2 is 1.33 bits per heavy atom. The van der Waals surface area contributed by atoms with Crippen LogP contribution >= 0.6 is 20.2 Å². The van der Waals surface area contributed by atoms with Crippen molar-refractivity contribution in [3.63, 3.8) is 0 Å². The van der Waals surface area contributed by atoms with E-state index in [-0.39, 0.29) is 6.15 Å². The summed E-state index contributed by atoms with van der Waals surface area (Å²) < 4.78 is 0. The van der Waals surface area contributed by atoms with Crippen molar-refractivity contribution in [1.82, 2.24) is 0 Å². The Morgan fingerprint density at radius 3 is 1.33 bits per heavy atom. The van der Waals surface area contributed by atoms with Crippen molar-refractivity contribution in [3.8, 4) is 0 Å². The van der Waals surface area contributed by atoms with Gasteiger partial charge in [0.15, 0.2) is 0 Å². The average molecular weight is 178 g/mol. The van der Waals surface area contributed by atoms with E-state index in [4.69, 9.17) is 9.59 Å². The SMILES string of the molecule is O=C=O.[Cl][Cu][Cl]. The zero-order valence-corrected chi connectivity index (χ0v) is 4.83. The number of hydrogen-bond acceptors (Lipinski definition) is 2. The van der Waals surface area contributed by atoms with Crippen LogP contribution in [-0.4, -0.2) is 6.15 Å². The summed E-state index contributed by atoms with van der Waals surface area (Å²) in [5, 5.41) is 0. The zero-order valence-electron chi connectivity index (χ0n) is 2.37. The Kier molecular flexibility index (Phi) is 28.9. The second kappa shape index (κ2) is 17.9. The molecule has 0 fully saturated rings. The molecule has 0 saturated heterocycles. The predicted molar refractivity (Wildman–Crippen MR) is 16.7 cm³/mol. The molecular weight excluding hydrogens is 178 g/mol. The summed E-state index contributed by atoms with van der Waals surface area (Å²) in [4.78, 5) is 16.2. The fourth-order valence-electron chi connectivity index (χ4n) is 0. The van der Waals surface area contributed by atoms with E-state index in [0.717, 1.165) is 13.1 Å². The van der Waals surface area contributed by atoms with Crippen LogP contribution in [0.3, 0.4) is 0 Å². The predicted octanol–water partition coefficient (Wildman–Crippen LogP) is 0.793. The second-order valence-corrected chi connectivity index (χ2v) is 1.68. The van der Waals surface area contributed by atoms with Crippen LogP contribution < -0.4 is 0 Å². The molecule has 5 heteroatoms. The molecule has 0 rings (SSSR count). The summed E-state index contributed by atoms with van der Waals surface area (Å²) in [6.45, 7) is 0. The van der Waals surface area contributed by atoms with Crippen LogP contribution in [0.25, 0.3) is 0 Å². The van der Waals surface area contributed by atoms with Gasteiger partial charge in [-0.05, 0) is 0 Å². The second-order valence-electron chi connectivity index (χ2n) is 0.126. The van der Waals surface area contributed by atoms with E-state index in [9.17, 15) is 0 Å². The van der Waals surface area contributed by atoms with Gasteiger partial charge in [0.25, 0.3) is 0 Å². The van der Waals surface area contributed by atoms with Gasteiger partial charge in [-0.2, -0.15) is 9.59 Å².